The number of piperazine rings is 1. The molecule has 3 atom stereocenters. The van der Waals surface area contributed by atoms with Crippen LogP contribution in [0.4, 0.5) is 20.7 Å². The van der Waals surface area contributed by atoms with Crippen molar-refractivity contribution in [2.75, 3.05) is 104 Å². The molecule has 2 fully saturated rings. The Morgan fingerprint density at radius 2 is 1.60 bits per heavy atom. The fourth-order valence-corrected chi connectivity index (χ4v) is 13.5. The van der Waals surface area contributed by atoms with E-state index in [2.05, 4.69) is 54.6 Å². The molecule has 1 aliphatic carbocycles. The molecule has 4 aliphatic heterocycles. The lowest BCUT2D eigenvalue weighted by molar-refractivity contribution is -0.131. The summed E-state index contributed by atoms with van der Waals surface area (Å²) in [5.74, 6) is 0.888. The normalized spacial score (nSPS) is 20.2. The zero-order chi connectivity index (χ0) is 60.1. The first-order chi connectivity index (χ1) is 40.7. The first-order valence-corrected chi connectivity index (χ1v) is 30.3. The van der Waals surface area contributed by atoms with Crippen molar-refractivity contribution in [1.29, 1.82) is 0 Å². The van der Waals surface area contributed by atoms with Gasteiger partial charge in [-0.15, -0.1) is 0 Å². The SMILES string of the molecule is CCOc1cc(C(C)(C)C)ccc1C1=N[C@]2(c3ccc(Cl)cc3)c3cc(Cl)ccc3[C@@]2(C)N1C(=O)N1CCN(CCOCCOCCC(=O)N(C)CCn2nc3c(c2C)-c2cnc(N)c(c2)N2CCC[C@@H]2c2cc(F)ccc2C(=O)N(C)C3)CC1. The Morgan fingerprint density at radius 1 is 0.871 bits per heavy atom. The Balaban J connectivity index is 0.672. The number of anilines is 2. The monoisotopic (exact) mass is 1200 g/mol. The van der Waals surface area contributed by atoms with Crippen LogP contribution in [-0.2, 0) is 43.9 Å². The van der Waals surface area contributed by atoms with E-state index in [1.165, 1.54) is 12.1 Å². The van der Waals surface area contributed by atoms with Crippen molar-refractivity contribution < 1.29 is 33.0 Å². The van der Waals surface area contributed by atoms with Crippen LogP contribution in [0.3, 0.4) is 0 Å². The summed E-state index contributed by atoms with van der Waals surface area (Å²) in [6.45, 7) is 19.2. The standard InChI is InChI=1S/C65H76Cl2FN11O6/c1-9-85-56-36-44(63(3,4)5)14-19-49(56)60-71-65(43-12-15-45(66)16-13-43)52-37-46(67)17-21-51(52)64(65,6)79(60)62(82)76-27-25-75(26-28-76)30-32-84-34-33-83-31-22-57(80)73(7)24-29-78-41(2)58-42-35-55(59(69)70-39-42)77-23-10-11-54(77)50-38-47(68)18-20-48(50)61(81)74(8)40-53(58)72-78/h12-21,35-39,54H,9-11,22-34,40H2,1-8H3,(H2,69,70)/t54-,64-,65-/m1/s1. The minimum absolute atomic E-state index is 0.0641. The van der Waals surface area contributed by atoms with Crippen molar-refractivity contribution in [1.82, 2.24) is 39.3 Å². The third-order valence-electron chi connectivity index (χ3n) is 17.8. The summed E-state index contributed by atoms with van der Waals surface area (Å²) in [7, 11) is 3.51. The number of halogens is 3. The third-order valence-corrected chi connectivity index (χ3v) is 18.3. The Kier molecular flexibility index (Phi) is 16.8. The predicted octanol–water partition coefficient (Wildman–Crippen LogP) is 10.5. The quantitative estimate of drug-likeness (QED) is 0.0916. The molecule has 2 aromatic heterocycles. The van der Waals surface area contributed by atoms with Gasteiger partial charge in [-0.25, -0.2) is 19.2 Å². The zero-order valence-corrected chi connectivity index (χ0v) is 51.4. The number of pyridine rings is 1. The van der Waals surface area contributed by atoms with Crippen LogP contribution in [0.15, 0.2) is 96.1 Å². The number of fused-ring (bicyclic) bond motifs is 12. The minimum Gasteiger partial charge on any atom is -0.493 e. The number of hydrogen-bond acceptors (Lipinski definition) is 12. The van der Waals surface area contributed by atoms with Gasteiger partial charge in [-0.2, -0.15) is 5.10 Å². The number of aromatic nitrogens is 3. The van der Waals surface area contributed by atoms with Crippen molar-refractivity contribution >= 4 is 58.4 Å². The maximum absolute atomic E-state index is 15.4. The molecule has 5 aliphatic rings. The number of amidine groups is 1. The summed E-state index contributed by atoms with van der Waals surface area (Å²) in [6, 6.07) is 25.9. The molecular formula is C65H76Cl2FN11O6. The fraction of sp³-hybridized carbons (Fsp3) is 0.446. The molecule has 85 heavy (non-hydrogen) atoms. The van der Waals surface area contributed by atoms with E-state index in [-0.39, 0.29) is 48.9 Å². The van der Waals surface area contributed by atoms with Crippen LogP contribution in [0.5, 0.6) is 5.75 Å². The largest absolute Gasteiger partial charge is 0.493 e. The van der Waals surface area contributed by atoms with Gasteiger partial charge in [-0.1, -0.05) is 68.2 Å². The number of amides is 4. The number of urea groups is 1. The highest BCUT2D eigenvalue weighted by Crippen LogP contribution is 2.66. The Morgan fingerprint density at radius 3 is 2.34 bits per heavy atom. The lowest BCUT2D eigenvalue weighted by atomic mass is 9.54. The third kappa shape index (κ3) is 11.0. The first kappa shape index (κ1) is 59.6. The predicted molar refractivity (Wildman–Crippen MR) is 329 cm³/mol. The lowest BCUT2D eigenvalue weighted by Crippen LogP contribution is -2.66. The number of nitrogen functional groups attached to an aromatic ring is 1. The van der Waals surface area contributed by atoms with Gasteiger partial charge in [0.2, 0.25) is 5.91 Å². The zero-order valence-electron chi connectivity index (χ0n) is 49.9. The average Bonchev–Trinajstić information content (AvgIpc) is 1.55. The van der Waals surface area contributed by atoms with Gasteiger partial charge < -0.3 is 39.5 Å². The van der Waals surface area contributed by atoms with Crippen LogP contribution in [-0.4, -0.2) is 156 Å². The van der Waals surface area contributed by atoms with E-state index in [4.69, 9.17) is 53.2 Å². The molecule has 448 valence electrons. The smallest absolute Gasteiger partial charge is 0.326 e. The van der Waals surface area contributed by atoms with Gasteiger partial charge in [-0.05, 0) is 128 Å². The van der Waals surface area contributed by atoms with Crippen molar-refractivity contribution in [3.63, 3.8) is 0 Å². The van der Waals surface area contributed by atoms with Crippen molar-refractivity contribution in [2.24, 2.45) is 4.99 Å². The summed E-state index contributed by atoms with van der Waals surface area (Å²) in [6.07, 6.45) is 3.53. The average molecular weight is 1200 g/mol. The Hall–Kier alpha value is -7.09. The number of nitrogens with two attached hydrogens (primary N) is 1. The van der Waals surface area contributed by atoms with E-state index < -0.39 is 16.9 Å². The first-order valence-electron chi connectivity index (χ1n) is 29.5. The van der Waals surface area contributed by atoms with E-state index in [9.17, 15) is 14.0 Å². The Labute approximate surface area is 507 Å². The van der Waals surface area contributed by atoms with Gasteiger partial charge >= 0.3 is 6.03 Å². The van der Waals surface area contributed by atoms with Crippen LogP contribution in [0.25, 0.3) is 11.1 Å². The number of ether oxygens (including phenoxy) is 3. The molecule has 6 heterocycles. The highest BCUT2D eigenvalue weighted by atomic mass is 35.5. The molecule has 0 radical (unpaired) electrons. The molecule has 0 unspecified atom stereocenters. The molecular weight excluding hydrogens is 1120 g/mol. The number of rotatable bonds is 16. The molecule has 2 bridgehead atoms. The summed E-state index contributed by atoms with van der Waals surface area (Å²) < 4.78 is 34.9. The topological polar surface area (TPSA) is 167 Å². The molecule has 4 aromatic carbocycles. The summed E-state index contributed by atoms with van der Waals surface area (Å²) in [5, 5.41) is 6.21. The molecule has 0 spiro atoms. The second-order valence-corrected chi connectivity index (χ2v) is 24.9. The molecule has 0 saturated carbocycles. The maximum atomic E-state index is 15.4. The molecule has 11 rings (SSSR count). The van der Waals surface area contributed by atoms with Crippen LogP contribution in [0.1, 0.15) is 115 Å². The second-order valence-electron chi connectivity index (χ2n) is 24.0. The van der Waals surface area contributed by atoms with E-state index >= 15 is 4.79 Å². The lowest BCUT2D eigenvalue weighted by Gasteiger charge is -2.56. The summed E-state index contributed by atoms with van der Waals surface area (Å²) in [5.41, 5.74) is 14.2. The van der Waals surface area contributed by atoms with Gasteiger partial charge in [0.1, 0.15) is 34.3 Å². The number of aliphatic imine (C=N–C) groups is 1. The van der Waals surface area contributed by atoms with Gasteiger partial charge in [0.05, 0.1) is 75.5 Å². The number of hydrogen-bond donors (Lipinski definition) is 1. The van der Waals surface area contributed by atoms with Crippen molar-refractivity contribution in [2.45, 2.75) is 96.4 Å². The fourth-order valence-electron chi connectivity index (χ4n) is 13.2. The van der Waals surface area contributed by atoms with Crippen LogP contribution in [0.2, 0.25) is 10.0 Å². The van der Waals surface area contributed by atoms with Gasteiger partial charge in [0, 0.05) is 98.5 Å². The van der Waals surface area contributed by atoms with Crippen molar-refractivity contribution in [3.8, 4) is 16.9 Å². The van der Waals surface area contributed by atoms with Crippen LogP contribution < -0.4 is 15.4 Å². The molecule has 2 saturated heterocycles. The number of likely N-dealkylation sites (N-methyl/N-ethyl adjacent to an activating group) is 1. The highest BCUT2D eigenvalue weighted by molar-refractivity contribution is 6.31. The summed E-state index contributed by atoms with van der Waals surface area (Å²) in [4.78, 5) is 64.7. The second kappa shape index (κ2) is 24.0. The van der Waals surface area contributed by atoms with E-state index in [1.54, 1.807) is 36.2 Å². The van der Waals surface area contributed by atoms with Crippen LogP contribution in [0, 0.1) is 12.7 Å². The van der Waals surface area contributed by atoms with E-state index in [0.717, 1.165) is 63.2 Å². The van der Waals surface area contributed by atoms with E-state index in [1.807, 2.05) is 82.9 Å². The summed E-state index contributed by atoms with van der Waals surface area (Å²) >= 11 is 13.2. The molecule has 20 heteroatoms. The number of carbonyl (C=O) groups excluding carboxylic acids is 3. The van der Waals surface area contributed by atoms with Crippen LogP contribution >= 0.6 is 23.2 Å². The minimum atomic E-state index is -0.974. The van der Waals surface area contributed by atoms with E-state index in [0.29, 0.717) is 123 Å². The van der Waals surface area contributed by atoms with Crippen molar-refractivity contribution in [3.05, 3.63) is 157 Å². The number of benzene rings is 4. The molecule has 2 N–H and O–H groups in total. The highest BCUT2D eigenvalue weighted by Gasteiger charge is 2.71. The number of carbonyl (C=O) groups is 3. The Bertz CT molecular complexity index is 3570. The molecule has 17 nitrogen and oxygen atoms in total. The maximum Gasteiger partial charge on any atom is 0.326 e. The number of nitrogens with zero attached hydrogens (tertiary/aromatic N) is 10. The van der Waals surface area contributed by atoms with Gasteiger partial charge in [0.25, 0.3) is 5.91 Å². The van der Waals surface area contributed by atoms with Gasteiger partial charge in [-0.3, -0.25) is 24.1 Å². The molecule has 6 aromatic rings. The molecule has 4 amide bonds. The van der Waals surface area contributed by atoms with Gasteiger partial charge in [0.15, 0.2) is 0 Å².